The average Bonchev–Trinajstić information content (AvgIpc) is 2.43. The van der Waals surface area contributed by atoms with Crippen molar-refractivity contribution in [3.63, 3.8) is 0 Å². The van der Waals surface area contributed by atoms with E-state index < -0.39 is 0 Å². The highest BCUT2D eigenvalue weighted by atomic mass is 35.5. The van der Waals surface area contributed by atoms with Gasteiger partial charge in [-0.2, -0.15) is 0 Å². The van der Waals surface area contributed by atoms with Crippen molar-refractivity contribution in [3.8, 4) is 0 Å². The lowest BCUT2D eigenvalue weighted by molar-refractivity contribution is -0.127. The summed E-state index contributed by atoms with van der Waals surface area (Å²) in [5.74, 6) is 0.163. The van der Waals surface area contributed by atoms with E-state index in [1.165, 1.54) is 5.56 Å². The molecule has 0 saturated carbocycles. The fourth-order valence-corrected chi connectivity index (χ4v) is 2.45. The molecule has 1 aromatic carbocycles. The van der Waals surface area contributed by atoms with Crippen LogP contribution >= 0.6 is 12.4 Å². The summed E-state index contributed by atoms with van der Waals surface area (Å²) in [6, 6.07) is 8.31. The molecule has 2 rings (SSSR count). The van der Waals surface area contributed by atoms with E-state index in [0.717, 1.165) is 38.3 Å². The zero-order valence-corrected chi connectivity index (χ0v) is 14.0. The number of carbonyl (C=O) groups is 1. The molecule has 0 atom stereocenters. The SMILES string of the molecule is CN1CCN(Cc2ccccc2CC(=O)N(C)C)CC1.Cl. The lowest BCUT2D eigenvalue weighted by atomic mass is 10.0. The smallest absolute Gasteiger partial charge is 0.226 e. The zero-order valence-electron chi connectivity index (χ0n) is 13.2. The minimum absolute atomic E-state index is 0. The molecular weight excluding hydrogens is 286 g/mol. The number of carbonyl (C=O) groups excluding carboxylic acids is 1. The van der Waals surface area contributed by atoms with Gasteiger partial charge in [0.05, 0.1) is 6.42 Å². The summed E-state index contributed by atoms with van der Waals surface area (Å²) in [6.45, 7) is 5.40. The number of benzene rings is 1. The van der Waals surface area contributed by atoms with E-state index >= 15 is 0 Å². The first-order valence-corrected chi connectivity index (χ1v) is 7.24. The first kappa shape index (κ1) is 18.0. The molecule has 1 aliphatic heterocycles. The van der Waals surface area contributed by atoms with Gasteiger partial charge < -0.3 is 9.80 Å². The second-order valence-corrected chi connectivity index (χ2v) is 5.81. The van der Waals surface area contributed by atoms with Crippen LogP contribution in [0.15, 0.2) is 24.3 Å². The molecule has 1 aromatic rings. The van der Waals surface area contributed by atoms with Crippen LogP contribution in [0, 0.1) is 0 Å². The van der Waals surface area contributed by atoms with Crippen LogP contribution in [0.3, 0.4) is 0 Å². The van der Waals surface area contributed by atoms with Crippen molar-refractivity contribution < 1.29 is 4.79 Å². The van der Waals surface area contributed by atoms with Crippen LogP contribution in [0.2, 0.25) is 0 Å². The van der Waals surface area contributed by atoms with Gasteiger partial charge in [0.25, 0.3) is 0 Å². The Labute approximate surface area is 134 Å². The largest absolute Gasteiger partial charge is 0.349 e. The van der Waals surface area contributed by atoms with Gasteiger partial charge in [-0.05, 0) is 18.2 Å². The van der Waals surface area contributed by atoms with Crippen molar-refractivity contribution in [2.45, 2.75) is 13.0 Å². The number of nitrogens with zero attached hydrogens (tertiary/aromatic N) is 3. The molecule has 4 nitrogen and oxygen atoms in total. The van der Waals surface area contributed by atoms with Crippen LogP contribution in [-0.2, 0) is 17.8 Å². The van der Waals surface area contributed by atoms with Crippen LogP contribution < -0.4 is 0 Å². The summed E-state index contributed by atoms with van der Waals surface area (Å²) in [4.78, 5) is 18.4. The third-order valence-electron chi connectivity index (χ3n) is 3.95. The van der Waals surface area contributed by atoms with Crippen molar-refractivity contribution >= 4 is 18.3 Å². The van der Waals surface area contributed by atoms with Crippen LogP contribution in [0.1, 0.15) is 11.1 Å². The molecule has 1 heterocycles. The monoisotopic (exact) mass is 311 g/mol. The fourth-order valence-electron chi connectivity index (χ4n) is 2.45. The average molecular weight is 312 g/mol. The summed E-state index contributed by atoms with van der Waals surface area (Å²) < 4.78 is 0. The first-order chi connectivity index (χ1) is 9.56. The Morgan fingerprint density at radius 2 is 1.67 bits per heavy atom. The second-order valence-electron chi connectivity index (χ2n) is 5.81. The van der Waals surface area contributed by atoms with Crippen LogP contribution in [-0.4, -0.2) is 67.9 Å². The highest BCUT2D eigenvalue weighted by Crippen LogP contribution is 2.14. The van der Waals surface area contributed by atoms with Crippen LogP contribution in [0.5, 0.6) is 0 Å². The Kier molecular flexibility index (Phi) is 7.15. The Morgan fingerprint density at radius 1 is 1.10 bits per heavy atom. The summed E-state index contributed by atoms with van der Waals surface area (Å²) in [6.07, 6.45) is 0.497. The maximum Gasteiger partial charge on any atom is 0.226 e. The summed E-state index contributed by atoms with van der Waals surface area (Å²) in [5.41, 5.74) is 2.44. The van der Waals surface area contributed by atoms with Crippen molar-refractivity contribution in [2.24, 2.45) is 0 Å². The molecule has 0 bridgehead atoms. The van der Waals surface area contributed by atoms with Gasteiger partial charge in [-0.1, -0.05) is 24.3 Å². The molecule has 0 aromatic heterocycles. The van der Waals surface area contributed by atoms with Crippen LogP contribution in [0.4, 0.5) is 0 Å². The van der Waals surface area contributed by atoms with Gasteiger partial charge in [-0.3, -0.25) is 9.69 Å². The van der Waals surface area contributed by atoms with Gasteiger partial charge in [-0.25, -0.2) is 0 Å². The van der Waals surface area contributed by atoms with Gasteiger partial charge in [-0.15, -0.1) is 12.4 Å². The van der Waals surface area contributed by atoms with E-state index in [1.807, 2.05) is 20.2 Å². The maximum absolute atomic E-state index is 11.9. The molecule has 0 radical (unpaired) electrons. The summed E-state index contributed by atoms with van der Waals surface area (Å²) in [5, 5.41) is 0. The van der Waals surface area contributed by atoms with Crippen molar-refractivity contribution in [1.82, 2.24) is 14.7 Å². The Balaban J connectivity index is 0.00000220. The molecule has 0 aliphatic carbocycles. The van der Waals surface area contributed by atoms with Gasteiger partial charge in [0.2, 0.25) is 5.91 Å². The fraction of sp³-hybridized carbons (Fsp3) is 0.562. The second kappa shape index (κ2) is 8.37. The first-order valence-electron chi connectivity index (χ1n) is 7.24. The molecular formula is C16H26ClN3O. The van der Waals surface area contributed by atoms with E-state index in [-0.39, 0.29) is 18.3 Å². The molecule has 1 amide bonds. The molecule has 1 aliphatic rings. The lowest BCUT2D eigenvalue weighted by Crippen LogP contribution is -2.44. The Morgan fingerprint density at radius 3 is 2.24 bits per heavy atom. The molecule has 21 heavy (non-hydrogen) atoms. The Bertz CT molecular complexity index is 457. The standard InChI is InChI=1S/C16H25N3O.ClH/c1-17(2)16(20)12-14-6-4-5-7-15(14)13-19-10-8-18(3)9-11-19;/h4-7H,8-13H2,1-3H3;1H. The molecule has 118 valence electrons. The number of halogens is 1. The number of hydrogen-bond donors (Lipinski definition) is 0. The predicted octanol–water partition coefficient (Wildman–Crippen LogP) is 1.49. The van der Waals surface area contributed by atoms with Crippen LogP contribution in [0.25, 0.3) is 0 Å². The predicted molar refractivity (Wildman–Crippen MR) is 88.9 cm³/mol. The molecule has 1 saturated heterocycles. The lowest BCUT2D eigenvalue weighted by Gasteiger charge is -2.32. The number of piperazine rings is 1. The van der Waals surface area contributed by atoms with Gasteiger partial charge in [0.15, 0.2) is 0 Å². The van der Waals surface area contributed by atoms with E-state index in [4.69, 9.17) is 0 Å². The summed E-state index contributed by atoms with van der Waals surface area (Å²) in [7, 11) is 5.79. The molecule has 0 spiro atoms. The molecule has 0 N–H and O–H groups in total. The maximum atomic E-state index is 11.9. The van der Waals surface area contributed by atoms with Crippen molar-refractivity contribution in [3.05, 3.63) is 35.4 Å². The normalized spacial score (nSPS) is 16.3. The highest BCUT2D eigenvalue weighted by Gasteiger charge is 2.16. The number of rotatable bonds is 4. The number of amides is 1. The van der Waals surface area contributed by atoms with E-state index in [1.54, 1.807) is 4.90 Å². The molecule has 0 unspecified atom stereocenters. The minimum Gasteiger partial charge on any atom is -0.349 e. The quantitative estimate of drug-likeness (QED) is 0.843. The molecule has 1 fully saturated rings. The minimum atomic E-state index is 0. The van der Waals surface area contributed by atoms with Gasteiger partial charge >= 0.3 is 0 Å². The van der Waals surface area contributed by atoms with Gasteiger partial charge in [0.1, 0.15) is 0 Å². The third kappa shape index (κ3) is 5.30. The van der Waals surface area contributed by atoms with Gasteiger partial charge in [0, 0.05) is 46.8 Å². The number of likely N-dealkylation sites (N-methyl/N-ethyl adjacent to an activating group) is 2. The van der Waals surface area contributed by atoms with E-state index in [9.17, 15) is 4.79 Å². The van der Waals surface area contributed by atoms with E-state index in [2.05, 4.69) is 35.0 Å². The Hall–Kier alpha value is -1.10. The third-order valence-corrected chi connectivity index (χ3v) is 3.95. The number of hydrogen-bond acceptors (Lipinski definition) is 3. The van der Waals surface area contributed by atoms with Crippen molar-refractivity contribution in [2.75, 3.05) is 47.3 Å². The molecule has 5 heteroatoms. The highest BCUT2D eigenvalue weighted by molar-refractivity contribution is 5.85. The zero-order chi connectivity index (χ0) is 14.5. The summed E-state index contributed by atoms with van der Waals surface area (Å²) >= 11 is 0. The topological polar surface area (TPSA) is 26.8 Å². The van der Waals surface area contributed by atoms with E-state index in [0.29, 0.717) is 6.42 Å². The van der Waals surface area contributed by atoms with Crippen molar-refractivity contribution in [1.29, 1.82) is 0 Å².